The van der Waals surface area contributed by atoms with Crippen molar-refractivity contribution < 1.29 is 34.5 Å². The lowest BCUT2D eigenvalue weighted by molar-refractivity contribution is -0.150. The third-order valence-corrected chi connectivity index (χ3v) is 7.96. The average Bonchev–Trinajstić information content (AvgIpc) is 3.51. The Hall–Kier alpha value is -4.57. The molecule has 16 heteroatoms. The van der Waals surface area contributed by atoms with Gasteiger partial charge in [-0.25, -0.2) is 14.8 Å². The minimum atomic E-state index is -1.27. The molecule has 0 aliphatic carbocycles. The first kappa shape index (κ1) is 26.1. The Morgan fingerprint density at radius 1 is 1.33 bits per heavy atom. The van der Waals surface area contributed by atoms with Crippen molar-refractivity contribution in [1.29, 1.82) is 0 Å². The predicted molar refractivity (Wildman–Crippen MR) is 142 cm³/mol. The maximum atomic E-state index is 13.0. The highest BCUT2D eigenvalue weighted by Crippen LogP contribution is 2.40. The van der Waals surface area contributed by atoms with Crippen LogP contribution in [0.1, 0.15) is 5.69 Å². The Balaban J connectivity index is 1.32. The van der Waals surface area contributed by atoms with Gasteiger partial charge in [0.1, 0.15) is 29.9 Å². The van der Waals surface area contributed by atoms with Crippen molar-refractivity contribution in [3.8, 4) is 11.5 Å². The van der Waals surface area contributed by atoms with Crippen LogP contribution in [0.3, 0.4) is 0 Å². The number of imidazole rings is 1. The van der Waals surface area contributed by atoms with Gasteiger partial charge >= 0.3 is 5.97 Å². The van der Waals surface area contributed by atoms with E-state index in [1.807, 2.05) is 0 Å². The summed E-state index contributed by atoms with van der Waals surface area (Å²) in [6.07, 6.45) is 4.86. The number of carbonyl (C=O) groups is 3. The number of aromatic nitrogens is 3. The van der Waals surface area contributed by atoms with Crippen LogP contribution in [0, 0.1) is 0 Å². The van der Waals surface area contributed by atoms with E-state index in [9.17, 15) is 29.7 Å². The van der Waals surface area contributed by atoms with Gasteiger partial charge in [0.25, 0.3) is 11.8 Å². The van der Waals surface area contributed by atoms with Gasteiger partial charge in [0.2, 0.25) is 0 Å². The van der Waals surface area contributed by atoms with Crippen molar-refractivity contribution in [2.24, 2.45) is 5.16 Å². The molecule has 0 radical (unpaired) electrons. The summed E-state index contributed by atoms with van der Waals surface area (Å²) in [6, 6.07) is 1.75. The standard InChI is InChI=1S/C23H21N7O7S2/c1-37-28-16(12-8-39-23(24)26-12)19(33)27-17-20(34)30-18(22(35)36)10(7-38-21(17)30)3-2-4-29-9-25-11-5-14(31)15(32)6-13(11)29/h2-3,5-6,8-9,17,21,31-32H,4,7H2,1H3,(H2,24,26)(H,27,33)(H,35,36)/b3-2+,28-16-/t17?,21-/m0/s1. The first-order valence-corrected chi connectivity index (χ1v) is 13.2. The average molecular weight is 572 g/mol. The number of nitrogens with one attached hydrogen (secondary N) is 1. The lowest BCUT2D eigenvalue weighted by Gasteiger charge is -2.49. The van der Waals surface area contributed by atoms with Crippen molar-refractivity contribution in [2.45, 2.75) is 18.0 Å². The van der Waals surface area contributed by atoms with Crippen LogP contribution < -0.4 is 11.1 Å². The number of aliphatic carboxylic acids is 1. The number of carboxylic acid groups (broad SMARTS) is 1. The van der Waals surface area contributed by atoms with E-state index < -0.39 is 29.2 Å². The molecule has 202 valence electrons. The number of nitrogen functional groups attached to an aromatic ring is 1. The zero-order valence-electron chi connectivity index (χ0n) is 20.1. The molecule has 39 heavy (non-hydrogen) atoms. The number of fused-ring (bicyclic) bond motifs is 2. The van der Waals surface area contributed by atoms with Gasteiger partial charge in [0.05, 0.1) is 17.4 Å². The number of rotatable bonds is 8. The fraction of sp³-hybridized carbons (Fsp3) is 0.217. The second-order valence-electron chi connectivity index (χ2n) is 8.36. The quantitative estimate of drug-likeness (QED) is 0.111. The number of nitrogens with two attached hydrogens (primary N) is 1. The molecular formula is C23H21N7O7S2. The molecule has 0 saturated carbocycles. The summed E-state index contributed by atoms with van der Waals surface area (Å²) in [7, 11) is 1.26. The first-order chi connectivity index (χ1) is 18.7. The van der Waals surface area contributed by atoms with Crippen LogP contribution in [-0.2, 0) is 25.8 Å². The molecule has 0 spiro atoms. The van der Waals surface area contributed by atoms with Crippen LogP contribution >= 0.6 is 23.1 Å². The number of anilines is 1. The molecule has 5 rings (SSSR count). The second-order valence-corrected chi connectivity index (χ2v) is 10.4. The largest absolute Gasteiger partial charge is 0.504 e. The van der Waals surface area contributed by atoms with Gasteiger partial charge in [0, 0.05) is 29.8 Å². The first-order valence-electron chi connectivity index (χ1n) is 11.3. The molecular weight excluding hydrogens is 550 g/mol. The molecule has 3 aromatic rings. The zero-order chi connectivity index (χ0) is 27.8. The molecule has 4 heterocycles. The van der Waals surface area contributed by atoms with E-state index in [2.05, 4.69) is 20.4 Å². The Labute approximate surface area is 228 Å². The van der Waals surface area contributed by atoms with E-state index in [-0.39, 0.29) is 39.5 Å². The fourth-order valence-electron chi connectivity index (χ4n) is 4.21. The van der Waals surface area contributed by atoms with Crippen molar-refractivity contribution in [2.75, 3.05) is 18.6 Å². The molecule has 2 atom stereocenters. The maximum absolute atomic E-state index is 13.0. The number of thioether (sulfide) groups is 1. The Kier molecular flexibility index (Phi) is 6.88. The smallest absolute Gasteiger partial charge is 0.352 e. The number of oxime groups is 1. The molecule has 2 aromatic heterocycles. The number of β-lactam (4-membered cyclic amide) rings is 1. The summed E-state index contributed by atoms with van der Waals surface area (Å²) >= 11 is 2.42. The number of carboxylic acids is 1. The van der Waals surface area contributed by atoms with Crippen LogP contribution in [0.15, 0.2) is 52.4 Å². The maximum Gasteiger partial charge on any atom is 0.352 e. The van der Waals surface area contributed by atoms with Gasteiger partial charge < -0.3 is 35.8 Å². The Morgan fingerprint density at radius 3 is 2.79 bits per heavy atom. The SMILES string of the molecule is CO/N=C(\C(=O)NC1C(=O)N2C(C(=O)O)=C(/C=C/Cn3cnc4cc(O)c(O)cc43)CS[C@@H]12)c1csc(N)n1. The minimum absolute atomic E-state index is 0.161. The van der Waals surface area contributed by atoms with Crippen molar-refractivity contribution in [1.82, 2.24) is 24.8 Å². The summed E-state index contributed by atoms with van der Waals surface area (Å²) < 4.78 is 1.71. The van der Waals surface area contributed by atoms with E-state index >= 15 is 0 Å². The molecule has 6 N–H and O–H groups in total. The number of hydrogen-bond acceptors (Lipinski definition) is 12. The summed E-state index contributed by atoms with van der Waals surface area (Å²) in [5, 5.41) is 36.8. The Bertz CT molecular complexity index is 1590. The Morgan fingerprint density at radius 2 is 2.10 bits per heavy atom. The number of phenolic OH excluding ortho intramolecular Hbond substituents is 2. The highest BCUT2D eigenvalue weighted by atomic mass is 32.2. The topological polar surface area (TPSA) is 205 Å². The van der Waals surface area contributed by atoms with Crippen LogP contribution in [0.2, 0.25) is 0 Å². The molecule has 2 aliphatic heterocycles. The van der Waals surface area contributed by atoms with E-state index in [1.165, 1.54) is 42.7 Å². The lowest BCUT2D eigenvalue weighted by atomic mass is 10.0. The summed E-state index contributed by atoms with van der Waals surface area (Å²) in [6.45, 7) is 0.292. The van der Waals surface area contributed by atoms with Crippen molar-refractivity contribution in [3.05, 3.63) is 53.0 Å². The number of amides is 2. The molecule has 2 amide bonds. The fourth-order valence-corrected chi connectivity index (χ4v) is 6.08. The summed E-state index contributed by atoms with van der Waals surface area (Å²) in [5.74, 6) is -2.84. The number of aromatic hydroxyl groups is 2. The van der Waals surface area contributed by atoms with Crippen LogP contribution in [0.25, 0.3) is 11.0 Å². The van der Waals surface area contributed by atoms with Gasteiger partial charge in [-0.1, -0.05) is 17.3 Å². The number of carbonyl (C=O) groups excluding carboxylic acids is 2. The minimum Gasteiger partial charge on any atom is -0.504 e. The number of nitrogens with zero attached hydrogens (tertiary/aromatic N) is 5. The van der Waals surface area contributed by atoms with Gasteiger partial charge in [0.15, 0.2) is 22.3 Å². The number of benzene rings is 1. The molecule has 1 unspecified atom stereocenters. The zero-order valence-corrected chi connectivity index (χ0v) is 21.8. The highest BCUT2D eigenvalue weighted by Gasteiger charge is 2.54. The number of phenols is 2. The monoisotopic (exact) mass is 571 g/mol. The third-order valence-electron chi connectivity index (χ3n) is 5.99. The molecule has 2 aliphatic rings. The van der Waals surface area contributed by atoms with E-state index in [0.29, 0.717) is 23.2 Å². The predicted octanol–water partition coefficient (Wildman–Crippen LogP) is 0.832. The van der Waals surface area contributed by atoms with E-state index in [4.69, 9.17) is 10.6 Å². The third kappa shape index (κ3) is 4.74. The molecule has 1 aromatic carbocycles. The van der Waals surface area contributed by atoms with Crippen LogP contribution in [0.4, 0.5) is 5.13 Å². The normalized spacial score (nSPS) is 19.4. The number of thiazole rings is 1. The highest BCUT2D eigenvalue weighted by molar-refractivity contribution is 8.00. The van der Waals surface area contributed by atoms with E-state index in [0.717, 1.165) is 16.2 Å². The van der Waals surface area contributed by atoms with Crippen molar-refractivity contribution in [3.63, 3.8) is 0 Å². The van der Waals surface area contributed by atoms with Gasteiger partial charge in [-0.2, -0.15) is 0 Å². The van der Waals surface area contributed by atoms with E-state index in [1.54, 1.807) is 16.7 Å². The molecule has 1 saturated heterocycles. The van der Waals surface area contributed by atoms with Gasteiger partial charge in [-0.3, -0.25) is 14.5 Å². The molecule has 1 fully saturated rings. The van der Waals surface area contributed by atoms with Crippen LogP contribution in [-0.4, -0.2) is 82.5 Å². The molecule has 14 nitrogen and oxygen atoms in total. The summed E-state index contributed by atoms with van der Waals surface area (Å²) in [4.78, 5) is 52.1. The van der Waals surface area contributed by atoms with Crippen LogP contribution in [0.5, 0.6) is 11.5 Å². The lowest BCUT2D eigenvalue weighted by Crippen LogP contribution is -2.71. The van der Waals surface area contributed by atoms with Gasteiger partial charge in [-0.15, -0.1) is 23.1 Å². The second kappa shape index (κ2) is 10.3. The molecule has 0 bridgehead atoms. The van der Waals surface area contributed by atoms with Gasteiger partial charge in [-0.05, 0) is 5.57 Å². The summed E-state index contributed by atoms with van der Waals surface area (Å²) in [5.41, 5.74) is 6.99. The number of hydrogen-bond donors (Lipinski definition) is 5. The van der Waals surface area contributed by atoms with Crippen molar-refractivity contribution >= 4 is 62.8 Å². The number of allylic oxidation sites excluding steroid dienone is 2.